The second kappa shape index (κ2) is 6.48. The van der Waals surface area contributed by atoms with Crippen LogP contribution < -0.4 is 9.64 Å². The number of ether oxygens (including phenoxy) is 2. The lowest BCUT2D eigenvalue weighted by Gasteiger charge is -2.36. The lowest BCUT2D eigenvalue weighted by Crippen LogP contribution is -2.43. The standard InChI is InChI=1S/C16H16N2O5S/c1-9-6-17-16(24-9)18-11(7-22-10(2)19)8-23-14-12(15(20)21)4-3-5-13(14)18/h3-6,11H,7-8H2,1-2H3,(H,20,21)/t11-/m1/s1. The van der Waals surface area contributed by atoms with Gasteiger partial charge in [0, 0.05) is 18.0 Å². The Labute approximate surface area is 142 Å². The van der Waals surface area contributed by atoms with Gasteiger partial charge in [0.25, 0.3) is 0 Å². The second-order valence-electron chi connectivity index (χ2n) is 5.35. The van der Waals surface area contributed by atoms with Crippen molar-refractivity contribution >= 4 is 34.1 Å². The summed E-state index contributed by atoms with van der Waals surface area (Å²) in [5, 5.41) is 10.1. The normalized spacial score (nSPS) is 16.2. The summed E-state index contributed by atoms with van der Waals surface area (Å²) in [7, 11) is 0. The molecule has 2 aromatic rings. The van der Waals surface area contributed by atoms with Crippen molar-refractivity contribution in [1.29, 1.82) is 0 Å². The molecule has 0 bridgehead atoms. The quantitative estimate of drug-likeness (QED) is 0.850. The third-order valence-corrected chi connectivity index (χ3v) is 4.48. The second-order valence-corrected chi connectivity index (χ2v) is 6.56. The van der Waals surface area contributed by atoms with Crippen LogP contribution in [0.4, 0.5) is 10.8 Å². The number of aromatic carboxylic acids is 1. The van der Waals surface area contributed by atoms with Crippen LogP contribution >= 0.6 is 11.3 Å². The van der Waals surface area contributed by atoms with Crippen LogP contribution in [-0.2, 0) is 9.53 Å². The van der Waals surface area contributed by atoms with Crippen LogP contribution in [0, 0.1) is 6.92 Å². The van der Waals surface area contributed by atoms with Crippen molar-refractivity contribution in [2.75, 3.05) is 18.1 Å². The summed E-state index contributed by atoms with van der Waals surface area (Å²) in [6.07, 6.45) is 1.75. The summed E-state index contributed by atoms with van der Waals surface area (Å²) in [5.74, 6) is -1.13. The largest absolute Gasteiger partial charge is 0.488 e. The Morgan fingerprint density at radius 2 is 2.29 bits per heavy atom. The van der Waals surface area contributed by atoms with E-state index < -0.39 is 5.97 Å². The van der Waals surface area contributed by atoms with E-state index in [-0.39, 0.29) is 30.8 Å². The molecule has 24 heavy (non-hydrogen) atoms. The Morgan fingerprint density at radius 1 is 1.50 bits per heavy atom. The van der Waals surface area contributed by atoms with Crippen LogP contribution in [0.15, 0.2) is 24.4 Å². The number of aromatic nitrogens is 1. The lowest BCUT2D eigenvalue weighted by atomic mass is 10.1. The van der Waals surface area contributed by atoms with Gasteiger partial charge in [0.2, 0.25) is 0 Å². The van der Waals surface area contributed by atoms with Gasteiger partial charge in [-0.3, -0.25) is 4.79 Å². The van der Waals surface area contributed by atoms with Gasteiger partial charge in [-0.2, -0.15) is 0 Å². The molecule has 126 valence electrons. The summed E-state index contributed by atoms with van der Waals surface area (Å²) < 4.78 is 10.8. The zero-order chi connectivity index (χ0) is 17.3. The molecule has 0 fully saturated rings. The minimum Gasteiger partial charge on any atom is -0.488 e. The fourth-order valence-electron chi connectivity index (χ4n) is 2.54. The number of thiazole rings is 1. The number of benzene rings is 1. The monoisotopic (exact) mass is 348 g/mol. The molecule has 0 spiro atoms. The number of hydrogen-bond donors (Lipinski definition) is 1. The highest BCUT2D eigenvalue weighted by Crippen LogP contribution is 2.42. The first-order chi connectivity index (χ1) is 11.5. The van der Waals surface area contributed by atoms with E-state index in [0.29, 0.717) is 16.6 Å². The molecule has 1 aliphatic heterocycles. The van der Waals surface area contributed by atoms with E-state index in [2.05, 4.69) is 4.98 Å². The van der Waals surface area contributed by atoms with E-state index in [1.165, 1.54) is 24.3 Å². The van der Waals surface area contributed by atoms with E-state index in [9.17, 15) is 14.7 Å². The van der Waals surface area contributed by atoms with E-state index in [4.69, 9.17) is 9.47 Å². The van der Waals surface area contributed by atoms with Crippen molar-refractivity contribution in [3.8, 4) is 5.75 Å². The average Bonchev–Trinajstić information content (AvgIpc) is 2.97. The van der Waals surface area contributed by atoms with Crippen molar-refractivity contribution in [1.82, 2.24) is 4.98 Å². The Balaban J connectivity index is 2.05. The van der Waals surface area contributed by atoms with Crippen molar-refractivity contribution in [2.24, 2.45) is 0 Å². The Kier molecular flexibility index (Phi) is 4.39. The van der Waals surface area contributed by atoms with Gasteiger partial charge in [0.05, 0.1) is 5.69 Å². The van der Waals surface area contributed by atoms with Crippen molar-refractivity contribution in [2.45, 2.75) is 19.9 Å². The number of carboxylic acid groups (broad SMARTS) is 1. The van der Waals surface area contributed by atoms with Gasteiger partial charge in [-0.25, -0.2) is 9.78 Å². The predicted molar refractivity (Wildman–Crippen MR) is 88.3 cm³/mol. The number of hydrogen-bond acceptors (Lipinski definition) is 7. The van der Waals surface area contributed by atoms with Crippen LogP contribution in [0.3, 0.4) is 0 Å². The van der Waals surface area contributed by atoms with E-state index in [1.54, 1.807) is 18.3 Å². The molecule has 7 nitrogen and oxygen atoms in total. The molecule has 1 aromatic heterocycles. The first-order valence-corrected chi connectivity index (χ1v) is 8.13. The lowest BCUT2D eigenvalue weighted by molar-refractivity contribution is -0.141. The Bertz CT molecular complexity index is 789. The average molecular weight is 348 g/mol. The molecule has 0 amide bonds. The number of nitrogens with zero attached hydrogens (tertiary/aromatic N) is 2. The molecule has 0 aliphatic carbocycles. The fraction of sp³-hybridized carbons (Fsp3) is 0.312. The topological polar surface area (TPSA) is 89.0 Å². The van der Waals surface area contributed by atoms with Gasteiger partial charge in [-0.05, 0) is 19.1 Å². The summed E-state index contributed by atoms with van der Waals surface area (Å²) in [4.78, 5) is 29.9. The number of rotatable bonds is 4. The van der Waals surface area contributed by atoms with Gasteiger partial charge >= 0.3 is 11.9 Å². The van der Waals surface area contributed by atoms with Gasteiger partial charge < -0.3 is 19.5 Å². The van der Waals surface area contributed by atoms with E-state index in [1.807, 2.05) is 11.8 Å². The van der Waals surface area contributed by atoms with Crippen LogP contribution in [0.2, 0.25) is 0 Å². The molecule has 0 radical (unpaired) electrons. The Morgan fingerprint density at radius 3 is 2.92 bits per heavy atom. The molecule has 0 saturated heterocycles. The SMILES string of the molecule is CC(=O)OC[C@@H]1COc2c(C(=O)O)cccc2N1c1ncc(C)s1. The highest BCUT2D eigenvalue weighted by Gasteiger charge is 2.33. The highest BCUT2D eigenvalue weighted by molar-refractivity contribution is 7.15. The molecule has 1 aliphatic rings. The molecular weight excluding hydrogens is 332 g/mol. The number of esters is 1. The van der Waals surface area contributed by atoms with Crippen LogP contribution in [0.5, 0.6) is 5.75 Å². The molecule has 2 heterocycles. The van der Waals surface area contributed by atoms with Gasteiger partial charge in [0.15, 0.2) is 10.9 Å². The molecule has 3 rings (SSSR count). The van der Waals surface area contributed by atoms with Crippen LogP contribution in [0.1, 0.15) is 22.2 Å². The molecule has 1 N–H and O–H groups in total. The fourth-order valence-corrected chi connectivity index (χ4v) is 3.38. The maximum atomic E-state index is 11.4. The first kappa shape index (κ1) is 16.3. The third kappa shape index (κ3) is 3.05. The predicted octanol–water partition coefficient (Wildman–Crippen LogP) is 2.61. The minimum atomic E-state index is -1.06. The van der Waals surface area contributed by atoms with Gasteiger partial charge in [0.1, 0.15) is 24.8 Å². The van der Waals surface area contributed by atoms with E-state index >= 15 is 0 Å². The maximum absolute atomic E-state index is 11.4. The van der Waals surface area contributed by atoms with Gasteiger partial charge in [-0.1, -0.05) is 6.07 Å². The molecular formula is C16H16N2O5S. The molecule has 1 atom stereocenters. The Hall–Kier alpha value is -2.61. The van der Waals surface area contributed by atoms with Crippen molar-refractivity contribution < 1.29 is 24.2 Å². The first-order valence-electron chi connectivity index (χ1n) is 7.31. The number of carbonyl (C=O) groups excluding carboxylic acids is 1. The smallest absolute Gasteiger partial charge is 0.339 e. The third-order valence-electron chi connectivity index (χ3n) is 3.56. The highest BCUT2D eigenvalue weighted by atomic mass is 32.1. The molecule has 0 unspecified atom stereocenters. The number of aryl methyl sites for hydroxylation is 1. The molecule has 0 saturated carbocycles. The molecule has 1 aromatic carbocycles. The van der Waals surface area contributed by atoms with Crippen LogP contribution in [-0.4, -0.2) is 41.3 Å². The number of carbonyl (C=O) groups is 2. The minimum absolute atomic E-state index is 0.0942. The summed E-state index contributed by atoms with van der Waals surface area (Å²) in [6.45, 7) is 3.61. The zero-order valence-corrected chi connectivity index (χ0v) is 14.0. The summed E-state index contributed by atoms with van der Waals surface area (Å²) >= 11 is 1.48. The summed E-state index contributed by atoms with van der Waals surface area (Å²) in [5.41, 5.74) is 0.698. The zero-order valence-electron chi connectivity index (χ0n) is 13.2. The molecule has 8 heteroatoms. The number of anilines is 2. The van der Waals surface area contributed by atoms with Crippen molar-refractivity contribution in [3.63, 3.8) is 0 Å². The van der Waals surface area contributed by atoms with Gasteiger partial charge in [-0.15, -0.1) is 11.3 Å². The van der Waals surface area contributed by atoms with E-state index in [0.717, 1.165) is 4.88 Å². The van der Waals surface area contributed by atoms with Crippen LogP contribution in [0.25, 0.3) is 0 Å². The number of para-hydroxylation sites is 1. The van der Waals surface area contributed by atoms with Crippen molar-refractivity contribution in [3.05, 3.63) is 34.8 Å². The number of carboxylic acids is 1. The summed E-state index contributed by atoms with van der Waals surface area (Å²) in [6, 6.07) is 4.65. The number of fused-ring (bicyclic) bond motifs is 1. The maximum Gasteiger partial charge on any atom is 0.339 e.